The third kappa shape index (κ3) is 3.17. The van der Waals surface area contributed by atoms with Gasteiger partial charge in [-0.2, -0.15) is 10.5 Å². The van der Waals surface area contributed by atoms with Crippen molar-refractivity contribution in [3.05, 3.63) is 121 Å². The lowest BCUT2D eigenvalue weighted by atomic mass is 9.82. The monoisotopic (exact) mass is 482 g/mol. The summed E-state index contributed by atoms with van der Waals surface area (Å²) in [5.74, 6) is -0.585. The van der Waals surface area contributed by atoms with E-state index in [2.05, 4.69) is 12.1 Å². The van der Waals surface area contributed by atoms with E-state index >= 15 is 0 Å². The van der Waals surface area contributed by atoms with Crippen LogP contribution in [-0.2, 0) is 0 Å². The van der Waals surface area contributed by atoms with Crippen LogP contribution in [0.15, 0.2) is 95.3 Å². The molecular weight excluding hydrogens is 464 g/mol. The van der Waals surface area contributed by atoms with Crippen molar-refractivity contribution in [3.8, 4) is 12.1 Å². The highest BCUT2D eigenvalue weighted by Crippen LogP contribution is 2.38. The van der Waals surface area contributed by atoms with Crippen LogP contribution in [0.25, 0.3) is 39.0 Å². The molecule has 1 aromatic heterocycles. The molecule has 170 valence electrons. The predicted octanol–water partition coefficient (Wildman–Crippen LogP) is 4.17. The largest absolute Gasteiger partial charge is 0.384 e. The molecule has 0 saturated carbocycles. The normalized spacial score (nSPS) is 15.7. The number of aromatic nitrogens is 1. The number of nitrogens with zero attached hydrogens (tertiary/aromatic N) is 3. The van der Waals surface area contributed by atoms with Crippen LogP contribution in [0.1, 0.15) is 17.0 Å². The predicted molar refractivity (Wildman–Crippen MR) is 144 cm³/mol. The van der Waals surface area contributed by atoms with Gasteiger partial charge in [0, 0.05) is 0 Å². The van der Waals surface area contributed by atoms with Crippen LogP contribution >= 0.6 is 11.3 Å². The van der Waals surface area contributed by atoms with Crippen molar-refractivity contribution in [2.45, 2.75) is 5.92 Å². The standard InChI is InChI=1S/C30H18N4OS/c31-16-24-27(23-14-6-10-19-8-2-4-13-22(19)23)25(17-32)30-34(28(24)33)29(35)26(36-30)15-20-11-5-9-18-7-1-3-12-21(18)20/h1-15,27H,33H2/b26-15+. The van der Waals surface area contributed by atoms with E-state index in [1.54, 1.807) is 0 Å². The summed E-state index contributed by atoms with van der Waals surface area (Å²) in [5, 5.41) is 24.5. The number of rotatable bonds is 2. The van der Waals surface area contributed by atoms with Gasteiger partial charge in [-0.3, -0.25) is 9.36 Å². The van der Waals surface area contributed by atoms with E-state index in [1.807, 2.05) is 91.0 Å². The first-order chi connectivity index (χ1) is 17.6. The Labute approximate surface area is 210 Å². The van der Waals surface area contributed by atoms with Gasteiger partial charge in [0.1, 0.15) is 10.5 Å². The fraction of sp³-hybridized carbons (Fsp3) is 0.0333. The Kier molecular flexibility index (Phi) is 5.04. The summed E-state index contributed by atoms with van der Waals surface area (Å²) in [7, 11) is 0. The lowest BCUT2D eigenvalue weighted by molar-refractivity contribution is 0.910. The van der Waals surface area contributed by atoms with Crippen LogP contribution in [-0.4, -0.2) is 4.57 Å². The Morgan fingerprint density at radius 1 is 0.806 bits per heavy atom. The number of nitrogens with two attached hydrogens (primary N) is 1. The molecule has 0 saturated heterocycles. The molecule has 0 fully saturated rings. The van der Waals surface area contributed by atoms with Gasteiger partial charge < -0.3 is 5.73 Å². The van der Waals surface area contributed by atoms with Crippen molar-refractivity contribution in [3.63, 3.8) is 0 Å². The van der Waals surface area contributed by atoms with Gasteiger partial charge in [0.15, 0.2) is 0 Å². The molecule has 1 aliphatic heterocycles. The molecule has 4 aromatic carbocycles. The third-order valence-electron chi connectivity index (χ3n) is 6.63. The molecule has 0 spiro atoms. The molecule has 6 rings (SSSR count). The van der Waals surface area contributed by atoms with Crippen LogP contribution in [0.4, 0.5) is 0 Å². The van der Waals surface area contributed by atoms with Crippen molar-refractivity contribution >= 4 is 50.4 Å². The first-order valence-corrected chi connectivity index (χ1v) is 12.2. The van der Waals surface area contributed by atoms with Crippen LogP contribution < -0.4 is 20.5 Å². The second kappa shape index (κ2) is 8.39. The molecule has 1 aliphatic rings. The zero-order valence-corrected chi connectivity index (χ0v) is 19.8. The van der Waals surface area contributed by atoms with Gasteiger partial charge in [-0.15, -0.1) is 11.3 Å². The SMILES string of the molecule is N#CC1=C(N)n2c(s/c(=C/c3cccc4ccccc34)c2=O)=C(C#N)C1c1cccc2ccccc12. The van der Waals surface area contributed by atoms with Gasteiger partial charge in [0.2, 0.25) is 0 Å². The molecule has 0 bridgehead atoms. The van der Waals surface area contributed by atoms with Crippen LogP contribution in [0.3, 0.4) is 0 Å². The lowest BCUT2D eigenvalue weighted by Crippen LogP contribution is -2.38. The quantitative estimate of drug-likeness (QED) is 0.409. The minimum Gasteiger partial charge on any atom is -0.384 e. The summed E-state index contributed by atoms with van der Waals surface area (Å²) in [6.07, 6.45) is 1.84. The zero-order chi connectivity index (χ0) is 24.8. The Hall–Kier alpha value is -4.91. The first-order valence-electron chi connectivity index (χ1n) is 11.4. The zero-order valence-electron chi connectivity index (χ0n) is 19.0. The number of hydrogen-bond donors (Lipinski definition) is 1. The second-order valence-corrected chi connectivity index (χ2v) is 9.59. The summed E-state index contributed by atoms with van der Waals surface area (Å²) < 4.78 is 2.23. The Morgan fingerprint density at radius 3 is 2.14 bits per heavy atom. The summed E-state index contributed by atoms with van der Waals surface area (Å²) in [4.78, 5) is 13.5. The average molecular weight is 483 g/mol. The van der Waals surface area contributed by atoms with E-state index in [1.165, 1.54) is 15.9 Å². The molecular formula is C30H18N4OS. The fourth-order valence-electron chi connectivity index (χ4n) is 4.98. The van der Waals surface area contributed by atoms with Crippen LogP contribution in [0.2, 0.25) is 0 Å². The maximum absolute atomic E-state index is 13.5. The topological polar surface area (TPSA) is 95.6 Å². The van der Waals surface area contributed by atoms with Crippen molar-refractivity contribution in [1.29, 1.82) is 10.5 Å². The molecule has 0 radical (unpaired) electrons. The summed E-state index contributed by atoms with van der Waals surface area (Å²) >= 11 is 1.23. The Morgan fingerprint density at radius 2 is 1.42 bits per heavy atom. The van der Waals surface area contributed by atoms with Gasteiger partial charge >= 0.3 is 0 Å². The van der Waals surface area contributed by atoms with E-state index in [0.717, 1.165) is 32.7 Å². The van der Waals surface area contributed by atoms with Gasteiger partial charge in [0.05, 0.1) is 33.7 Å². The molecule has 36 heavy (non-hydrogen) atoms. The van der Waals surface area contributed by atoms with Crippen molar-refractivity contribution < 1.29 is 0 Å². The van der Waals surface area contributed by atoms with E-state index in [4.69, 9.17) is 5.73 Å². The van der Waals surface area contributed by atoms with Gasteiger partial charge in [-0.25, -0.2) is 0 Å². The number of allylic oxidation sites excluding steroid dienone is 1. The van der Waals surface area contributed by atoms with E-state index in [9.17, 15) is 15.3 Å². The summed E-state index contributed by atoms with van der Waals surface area (Å²) in [5.41, 5.74) is 8.40. The fourth-order valence-corrected chi connectivity index (χ4v) is 6.10. The number of fused-ring (bicyclic) bond motifs is 3. The first kappa shape index (κ1) is 21.6. The molecule has 0 amide bonds. The Balaban J connectivity index is 1.68. The summed E-state index contributed by atoms with van der Waals surface area (Å²) in [6.45, 7) is 0. The third-order valence-corrected chi connectivity index (χ3v) is 7.74. The highest BCUT2D eigenvalue weighted by molar-refractivity contribution is 7.07. The summed E-state index contributed by atoms with van der Waals surface area (Å²) in [6, 6.07) is 32.1. The maximum atomic E-state index is 13.5. The molecule has 1 atom stereocenters. The van der Waals surface area contributed by atoms with Crippen LogP contribution in [0.5, 0.6) is 0 Å². The van der Waals surface area contributed by atoms with E-state index < -0.39 is 5.92 Å². The smallest absolute Gasteiger partial charge is 0.274 e. The molecule has 1 unspecified atom stereocenters. The number of thiazole rings is 1. The second-order valence-electron chi connectivity index (χ2n) is 8.56. The number of nitriles is 2. The highest BCUT2D eigenvalue weighted by atomic mass is 32.1. The minimum absolute atomic E-state index is 0.0725. The molecule has 6 heteroatoms. The molecule has 0 aliphatic carbocycles. The molecule has 2 heterocycles. The Bertz CT molecular complexity index is 2000. The number of benzene rings is 4. The van der Waals surface area contributed by atoms with Gasteiger partial charge in [-0.05, 0) is 38.7 Å². The number of hydrogen-bond acceptors (Lipinski definition) is 5. The van der Waals surface area contributed by atoms with Gasteiger partial charge in [0.25, 0.3) is 5.56 Å². The minimum atomic E-state index is -0.658. The molecule has 5 nitrogen and oxygen atoms in total. The van der Waals surface area contributed by atoms with Crippen molar-refractivity contribution in [2.24, 2.45) is 5.73 Å². The highest BCUT2D eigenvalue weighted by Gasteiger charge is 2.33. The van der Waals surface area contributed by atoms with Crippen molar-refractivity contribution in [2.75, 3.05) is 0 Å². The van der Waals surface area contributed by atoms with Gasteiger partial charge in [-0.1, -0.05) is 84.9 Å². The lowest BCUT2D eigenvalue weighted by Gasteiger charge is -2.23. The maximum Gasteiger partial charge on any atom is 0.274 e. The average Bonchev–Trinajstić information content (AvgIpc) is 3.24. The molecule has 2 N–H and O–H groups in total. The molecule has 5 aromatic rings. The van der Waals surface area contributed by atoms with Crippen LogP contribution in [0, 0.1) is 22.7 Å². The van der Waals surface area contributed by atoms with Crippen molar-refractivity contribution in [1.82, 2.24) is 4.57 Å². The van der Waals surface area contributed by atoms with E-state index in [0.29, 0.717) is 14.8 Å². The van der Waals surface area contributed by atoms with E-state index in [-0.39, 0.29) is 17.0 Å².